The first-order valence-corrected chi connectivity index (χ1v) is 9.72. The highest BCUT2D eigenvalue weighted by molar-refractivity contribution is 8.18. The number of benzene rings is 2. The number of rotatable bonds is 3. The zero-order valence-electron chi connectivity index (χ0n) is 15.7. The van der Waals surface area contributed by atoms with Gasteiger partial charge in [-0.2, -0.15) is 31.4 Å². The fourth-order valence-corrected chi connectivity index (χ4v) is 4.10. The van der Waals surface area contributed by atoms with E-state index >= 15 is 0 Å². The minimum atomic E-state index is -5.07. The van der Waals surface area contributed by atoms with Gasteiger partial charge < -0.3 is 0 Å². The molecule has 1 aliphatic heterocycles. The van der Waals surface area contributed by atoms with E-state index in [4.69, 9.17) is 0 Å². The lowest BCUT2D eigenvalue weighted by Gasteiger charge is -2.18. The maximum absolute atomic E-state index is 13.6. The molecule has 1 aliphatic rings. The number of allylic oxidation sites excluding steroid dienone is 1. The number of fused-ring (bicyclic) bond motifs is 1. The van der Waals surface area contributed by atoms with Crippen molar-refractivity contribution in [3.05, 3.63) is 69.8 Å². The highest BCUT2D eigenvalue weighted by Gasteiger charge is 2.39. The second-order valence-corrected chi connectivity index (χ2v) is 7.85. The maximum Gasteiger partial charge on any atom is 0.416 e. The summed E-state index contributed by atoms with van der Waals surface area (Å²) < 4.78 is 79.8. The molecule has 3 aromatic rings. The average molecular weight is 471 g/mol. The number of aromatic nitrogens is 2. The number of thioether (sulfide) groups is 1. The standard InChI is InChI=1S/C20H11F6N3O2S/c21-19(22,23)12-3-1-10(14(7-12)20(24,25)26)6-13(16-17(30)28-18(31)32-16)9-2-4-15-11(5-9)8-27-29-15/h1-5,7-8H,6H2,(H,27,29)(H,28,30,31)/b16-13-. The third-order valence-corrected chi connectivity index (χ3v) is 5.71. The predicted molar refractivity (Wildman–Crippen MR) is 104 cm³/mol. The topological polar surface area (TPSA) is 74.8 Å². The molecule has 4 rings (SSSR count). The van der Waals surface area contributed by atoms with Crippen molar-refractivity contribution in [2.45, 2.75) is 18.8 Å². The Hall–Kier alpha value is -3.28. The van der Waals surface area contributed by atoms with Gasteiger partial charge >= 0.3 is 12.4 Å². The number of carbonyl (C=O) groups excluding carboxylic acids is 2. The number of nitrogens with zero attached hydrogens (tertiary/aromatic N) is 1. The number of nitrogens with one attached hydrogen (secondary N) is 2. The van der Waals surface area contributed by atoms with Crippen molar-refractivity contribution in [3.63, 3.8) is 0 Å². The molecule has 1 saturated heterocycles. The predicted octanol–water partition coefficient (Wildman–Crippen LogP) is 5.54. The molecule has 0 spiro atoms. The molecule has 0 atom stereocenters. The summed E-state index contributed by atoms with van der Waals surface area (Å²) in [6.45, 7) is 0. The van der Waals surface area contributed by atoms with Gasteiger partial charge in [-0.15, -0.1) is 0 Å². The van der Waals surface area contributed by atoms with Crippen molar-refractivity contribution in [1.82, 2.24) is 15.5 Å². The van der Waals surface area contributed by atoms with Crippen molar-refractivity contribution in [1.29, 1.82) is 0 Å². The van der Waals surface area contributed by atoms with Gasteiger partial charge in [0.15, 0.2) is 0 Å². The van der Waals surface area contributed by atoms with E-state index in [-0.39, 0.29) is 16.5 Å². The Kier molecular flexibility index (Phi) is 5.27. The molecule has 2 aromatic carbocycles. The normalized spacial score (nSPS) is 16.6. The Bertz CT molecular complexity index is 1280. The SMILES string of the molecule is O=C1NC(=O)/C(=C(\Cc2ccc(C(F)(F)F)cc2C(F)(F)F)c2ccc3[nH]ncc3c2)S1. The Morgan fingerprint density at radius 2 is 1.72 bits per heavy atom. The average Bonchev–Trinajstić information content (AvgIpc) is 3.29. The number of hydrogen-bond acceptors (Lipinski definition) is 4. The highest BCUT2D eigenvalue weighted by Crippen LogP contribution is 2.41. The van der Waals surface area contributed by atoms with Crippen LogP contribution in [0.15, 0.2) is 47.5 Å². The second kappa shape index (κ2) is 7.69. The van der Waals surface area contributed by atoms with Crippen LogP contribution in [0.3, 0.4) is 0 Å². The van der Waals surface area contributed by atoms with Gasteiger partial charge in [0, 0.05) is 5.39 Å². The van der Waals surface area contributed by atoms with Gasteiger partial charge in [0.2, 0.25) is 0 Å². The number of aromatic amines is 1. The molecule has 0 aliphatic carbocycles. The van der Waals surface area contributed by atoms with Gasteiger partial charge in [0.25, 0.3) is 11.1 Å². The number of hydrogen-bond donors (Lipinski definition) is 2. The molecule has 2 N–H and O–H groups in total. The Morgan fingerprint density at radius 1 is 0.969 bits per heavy atom. The molecule has 1 aromatic heterocycles. The number of alkyl halides is 6. The molecule has 2 amide bonds. The van der Waals surface area contributed by atoms with E-state index in [1.807, 2.05) is 5.32 Å². The van der Waals surface area contributed by atoms with Crippen molar-refractivity contribution < 1.29 is 35.9 Å². The minimum Gasteiger partial charge on any atom is -0.282 e. The quantitative estimate of drug-likeness (QED) is 0.389. The molecular weight excluding hydrogens is 460 g/mol. The van der Waals surface area contributed by atoms with Gasteiger partial charge in [-0.3, -0.25) is 20.0 Å². The maximum atomic E-state index is 13.6. The van der Waals surface area contributed by atoms with Crippen LogP contribution in [0.4, 0.5) is 31.1 Å². The van der Waals surface area contributed by atoms with Crippen LogP contribution in [-0.4, -0.2) is 21.3 Å². The third-order valence-electron chi connectivity index (χ3n) is 4.79. The van der Waals surface area contributed by atoms with Crippen LogP contribution in [-0.2, 0) is 23.6 Å². The van der Waals surface area contributed by atoms with Crippen LogP contribution in [0.5, 0.6) is 0 Å². The van der Waals surface area contributed by atoms with E-state index in [1.54, 1.807) is 12.1 Å². The lowest BCUT2D eigenvalue weighted by molar-refractivity contribution is -0.143. The first-order chi connectivity index (χ1) is 14.9. The van der Waals surface area contributed by atoms with Gasteiger partial charge in [0.1, 0.15) is 0 Å². The monoisotopic (exact) mass is 471 g/mol. The van der Waals surface area contributed by atoms with E-state index in [0.29, 0.717) is 34.3 Å². The molecule has 12 heteroatoms. The van der Waals surface area contributed by atoms with E-state index in [1.165, 1.54) is 12.3 Å². The van der Waals surface area contributed by atoms with Crippen molar-refractivity contribution >= 4 is 39.4 Å². The summed E-state index contributed by atoms with van der Waals surface area (Å²) in [7, 11) is 0. The van der Waals surface area contributed by atoms with E-state index in [0.717, 1.165) is 6.07 Å². The smallest absolute Gasteiger partial charge is 0.282 e. The lowest BCUT2D eigenvalue weighted by Crippen LogP contribution is -2.19. The zero-order valence-corrected chi connectivity index (χ0v) is 16.5. The molecular formula is C20H11F6N3O2S. The Morgan fingerprint density at radius 3 is 2.34 bits per heavy atom. The van der Waals surface area contributed by atoms with Gasteiger partial charge in [-0.25, -0.2) is 0 Å². The first kappa shape index (κ1) is 21.9. The first-order valence-electron chi connectivity index (χ1n) is 8.90. The zero-order chi connectivity index (χ0) is 23.3. The number of imide groups is 1. The fraction of sp³-hybridized carbons (Fsp3) is 0.150. The lowest BCUT2D eigenvalue weighted by atomic mass is 9.92. The summed E-state index contributed by atoms with van der Waals surface area (Å²) in [5.74, 6) is -0.789. The van der Waals surface area contributed by atoms with Crippen LogP contribution < -0.4 is 5.32 Å². The minimum absolute atomic E-state index is 0.0455. The number of halogens is 6. The van der Waals surface area contributed by atoms with Crippen LogP contribution in [0.25, 0.3) is 16.5 Å². The molecule has 166 valence electrons. The van der Waals surface area contributed by atoms with Crippen molar-refractivity contribution in [2.75, 3.05) is 0 Å². The van der Waals surface area contributed by atoms with Crippen LogP contribution >= 0.6 is 11.8 Å². The molecule has 0 bridgehead atoms. The fourth-order valence-electron chi connectivity index (χ4n) is 3.32. The second-order valence-electron chi connectivity index (χ2n) is 6.87. The summed E-state index contributed by atoms with van der Waals surface area (Å²) in [5.41, 5.74) is -2.34. The van der Waals surface area contributed by atoms with Gasteiger partial charge in [-0.05, 0) is 59.1 Å². The molecule has 0 unspecified atom stereocenters. The summed E-state index contributed by atoms with van der Waals surface area (Å²) in [5, 5.41) is 8.51. The summed E-state index contributed by atoms with van der Waals surface area (Å²) in [4.78, 5) is 23.8. The van der Waals surface area contributed by atoms with Crippen LogP contribution in [0.2, 0.25) is 0 Å². The van der Waals surface area contributed by atoms with Crippen molar-refractivity contribution in [3.8, 4) is 0 Å². The van der Waals surface area contributed by atoms with Crippen molar-refractivity contribution in [2.24, 2.45) is 0 Å². The number of carbonyl (C=O) groups is 2. The van der Waals surface area contributed by atoms with Crippen LogP contribution in [0, 0.1) is 0 Å². The molecule has 0 saturated carbocycles. The van der Waals surface area contributed by atoms with Gasteiger partial charge in [-0.1, -0.05) is 12.1 Å². The molecule has 0 radical (unpaired) electrons. The molecule has 1 fully saturated rings. The van der Waals surface area contributed by atoms with E-state index < -0.39 is 46.6 Å². The summed E-state index contributed by atoms with van der Waals surface area (Å²) >= 11 is 0.519. The third kappa shape index (κ3) is 4.22. The number of H-pyrrole nitrogens is 1. The van der Waals surface area contributed by atoms with E-state index in [2.05, 4.69) is 10.2 Å². The highest BCUT2D eigenvalue weighted by atomic mass is 32.2. The van der Waals surface area contributed by atoms with Gasteiger partial charge in [0.05, 0.1) is 27.7 Å². The van der Waals surface area contributed by atoms with E-state index in [9.17, 15) is 35.9 Å². The molecule has 32 heavy (non-hydrogen) atoms. The number of amides is 2. The molecule has 5 nitrogen and oxygen atoms in total. The summed E-state index contributed by atoms with van der Waals surface area (Å²) in [6.07, 6.45) is -9.09. The Balaban J connectivity index is 1.88. The largest absolute Gasteiger partial charge is 0.416 e. The van der Waals surface area contributed by atoms with Crippen LogP contribution in [0.1, 0.15) is 22.3 Å². The Labute approximate surface area is 179 Å². The molecule has 2 heterocycles. The summed E-state index contributed by atoms with van der Waals surface area (Å²) in [6, 6.07) is 6.02.